The molecule has 2 aromatic carbocycles. The lowest BCUT2D eigenvalue weighted by Gasteiger charge is -2.18. The average Bonchev–Trinajstić information content (AvgIpc) is 2.97. The van der Waals surface area contributed by atoms with Gasteiger partial charge in [-0.25, -0.2) is 4.98 Å². The molecule has 0 radical (unpaired) electrons. The highest BCUT2D eigenvalue weighted by atomic mass is 16.3. The van der Waals surface area contributed by atoms with Crippen molar-refractivity contribution in [2.45, 2.75) is 18.6 Å². The first kappa shape index (κ1) is 16.2. The maximum Gasteiger partial charge on any atom is 0.251 e. The summed E-state index contributed by atoms with van der Waals surface area (Å²) in [6, 6.07) is 14.4. The smallest absolute Gasteiger partial charge is 0.251 e. The number of aromatic nitrogens is 2. The standard InChI is InChI=1S/C20H18N4O2/c21-18-11-22-10-16(23-18)12-5-7-13(8-6-12)20(26)24-19-15-4-2-1-3-14(15)9-17(19)25/h1-8,10-11,17,19,25H,9H2,(H2,21,23)(H,24,26)/t17-,19+/m0/s1. The van der Waals surface area contributed by atoms with Crippen LogP contribution < -0.4 is 11.1 Å². The molecular formula is C20H18N4O2. The van der Waals surface area contributed by atoms with Gasteiger partial charge in [0.2, 0.25) is 0 Å². The van der Waals surface area contributed by atoms with E-state index in [1.54, 1.807) is 30.5 Å². The molecule has 0 aliphatic heterocycles. The number of hydrogen-bond acceptors (Lipinski definition) is 5. The maximum absolute atomic E-state index is 12.6. The molecule has 1 amide bonds. The molecular weight excluding hydrogens is 328 g/mol. The Morgan fingerprint density at radius 2 is 1.88 bits per heavy atom. The largest absolute Gasteiger partial charge is 0.390 e. The number of benzene rings is 2. The number of fused-ring (bicyclic) bond motifs is 1. The zero-order valence-corrected chi connectivity index (χ0v) is 14.0. The Morgan fingerprint density at radius 1 is 1.12 bits per heavy atom. The van der Waals surface area contributed by atoms with Gasteiger partial charge >= 0.3 is 0 Å². The van der Waals surface area contributed by atoms with E-state index in [0.717, 1.165) is 16.7 Å². The topological polar surface area (TPSA) is 101 Å². The van der Waals surface area contributed by atoms with Gasteiger partial charge in [-0.3, -0.25) is 9.78 Å². The average molecular weight is 346 g/mol. The molecule has 130 valence electrons. The molecule has 0 saturated carbocycles. The number of nitrogens with one attached hydrogen (secondary N) is 1. The van der Waals surface area contributed by atoms with Crippen LogP contribution in [0.1, 0.15) is 27.5 Å². The van der Waals surface area contributed by atoms with Crippen LogP contribution in [0.5, 0.6) is 0 Å². The van der Waals surface area contributed by atoms with Gasteiger partial charge in [-0.1, -0.05) is 36.4 Å². The van der Waals surface area contributed by atoms with E-state index < -0.39 is 12.1 Å². The van der Waals surface area contributed by atoms with Gasteiger partial charge < -0.3 is 16.2 Å². The van der Waals surface area contributed by atoms with Crippen molar-refractivity contribution in [2.24, 2.45) is 0 Å². The Balaban J connectivity index is 1.52. The number of carbonyl (C=O) groups excluding carboxylic acids is 1. The predicted octanol–water partition coefficient (Wildman–Crippen LogP) is 2.11. The van der Waals surface area contributed by atoms with Crippen molar-refractivity contribution in [3.05, 3.63) is 77.6 Å². The molecule has 6 nitrogen and oxygen atoms in total. The summed E-state index contributed by atoms with van der Waals surface area (Å²) in [7, 11) is 0. The number of hydrogen-bond donors (Lipinski definition) is 3. The van der Waals surface area contributed by atoms with Gasteiger partial charge in [-0.05, 0) is 23.3 Å². The summed E-state index contributed by atoms with van der Waals surface area (Å²) in [4.78, 5) is 20.8. The van der Waals surface area contributed by atoms with Crippen LogP contribution >= 0.6 is 0 Å². The summed E-state index contributed by atoms with van der Waals surface area (Å²) in [5, 5.41) is 13.2. The normalized spacial score (nSPS) is 18.3. The summed E-state index contributed by atoms with van der Waals surface area (Å²) in [6.07, 6.45) is 3.04. The second-order valence-corrected chi connectivity index (χ2v) is 6.33. The third-order valence-electron chi connectivity index (χ3n) is 4.59. The third kappa shape index (κ3) is 3.02. The van der Waals surface area contributed by atoms with E-state index in [9.17, 15) is 9.90 Å². The Kier molecular flexibility index (Phi) is 4.10. The van der Waals surface area contributed by atoms with E-state index in [4.69, 9.17) is 5.73 Å². The van der Waals surface area contributed by atoms with Crippen LogP contribution in [0.4, 0.5) is 5.82 Å². The monoisotopic (exact) mass is 346 g/mol. The minimum Gasteiger partial charge on any atom is -0.390 e. The number of aliphatic hydroxyl groups excluding tert-OH is 1. The number of rotatable bonds is 3. The first-order chi connectivity index (χ1) is 12.6. The van der Waals surface area contributed by atoms with E-state index in [1.807, 2.05) is 24.3 Å². The molecule has 3 aromatic rings. The maximum atomic E-state index is 12.6. The van der Waals surface area contributed by atoms with Crippen molar-refractivity contribution < 1.29 is 9.90 Å². The zero-order valence-electron chi connectivity index (χ0n) is 14.0. The number of nitrogens with two attached hydrogens (primary N) is 1. The Labute approximate surface area is 150 Å². The van der Waals surface area contributed by atoms with E-state index in [0.29, 0.717) is 23.5 Å². The van der Waals surface area contributed by atoms with Crippen LogP contribution in [0.2, 0.25) is 0 Å². The van der Waals surface area contributed by atoms with Crippen molar-refractivity contribution in [3.8, 4) is 11.3 Å². The minimum absolute atomic E-state index is 0.226. The summed E-state index contributed by atoms with van der Waals surface area (Å²) < 4.78 is 0. The Morgan fingerprint density at radius 3 is 2.65 bits per heavy atom. The highest BCUT2D eigenvalue weighted by Crippen LogP contribution is 2.31. The van der Waals surface area contributed by atoms with E-state index in [2.05, 4.69) is 15.3 Å². The molecule has 6 heteroatoms. The quantitative estimate of drug-likeness (QED) is 0.674. The Bertz CT molecular complexity index is 956. The first-order valence-electron chi connectivity index (χ1n) is 8.36. The number of nitrogens with zero attached hydrogens (tertiary/aromatic N) is 2. The highest BCUT2D eigenvalue weighted by Gasteiger charge is 2.31. The molecule has 2 atom stereocenters. The lowest BCUT2D eigenvalue weighted by molar-refractivity contribution is 0.0858. The molecule has 1 aromatic heterocycles. The molecule has 1 heterocycles. The fourth-order valence-electron chi connectivity index (χ4n) is 3.28. The third-order valence-corrected chi connectivity index (χ3v) is 4.59. The van der Waals surface area contributed by atoms with Crippen LogP contribution in [0.25, 0.3) is 11.3 Å². The SMILES string of the molecule is Nc1cncc(-c2ccc(C(=O)N[C@@H]3c4ccccc4C[C@@H]3O)cc2)n1. The lowest BCUT2D eigenvalue weighted by Crippen LogP contribution is -2.33. The van der Waals surface area contributed by atoms with Gasteiger partial charge in [-0.2, -0.15) is 0 Å². The molecule has 0 fully saturated rings. The number of nitrogen functional groups attached to an aromatic ring is 1. The van der Waals surface area contributed by atoms with Crippen molar-refractivity contribution in [3.63, 3.8) is 0 Å². The molecule has 0 spiro atoms. The van der Waals surface area contributed by atoms with E-state index in [1.165, 1.54) is 6.20 Å². The van der Waals surface area contributed by atoms with Crippen molar-refractivity contribution in [1.82, 2.24) is 15.3 Å². The van der Waals surface area contributed by atoms with Crippen LogP contribution in [0.15, 0.2) is 60.9 Å². The van der Waals surface area contributed by atoms with Gasteiger partial charge in [0.15, 0.2) is 0 Å². The molecule has 4 rings (SSSR count). The molecule has 1 aliphatic carbocycles. The number of anilines is 1. The van der Waals surface area contributed by atoms with Crippen molar-refractivity contribution in [1.29, 1.82) is 0 Å². The summed E-state index contributed by atoms with van der Waals surface area (Å²) in [5.74, 6) is 0.120. The second kappa shape index (κ2) is 6.57. The number of carbonyl (C=O) groups is 1. The molecule has 0 bridgehead atoms. The highest BCUT2D eigenvalue weighted by molar-refractivity contribution is 5.95. The van der Waals surface area contributed by atoms with Gasteiger partial charge in [0.1, 0.15) is 5.82 Å². The zero-order chi connectivity index (χ0) is 18.1. The molecule has 26 heavy (non-hydrogen) atoms. The molecule has 0 unspecified atom stereocenters. The molecule has 0 saturated heterocycles. The van der Waals surface area contributed by atoms with Crippen LogP contribution in [-0.4, -0.2) is 27.1 Å². The summed E-state index contributed by atoms with van der Waals surface area (Å²) in [5.41, 5.74) is 9.69. The van der Waals surface area contributed by atoms with Crippen LogP contribution in [-0.2, 0) is 6.42 Å². The Hall–Kier alpha value is -3.25. The van der Waals surface area contributed by atoms with Gasteiger partial charge in [0.25, 0.3) is 5.91 Å². The van der Waals surface area contributed by atoms with Gasteiger partial charge in [0, 0.05) is 17.5 Å². The van der Waals surface area contributed by atoms with E-state index >= 15 is 0 Å². The number of aliphatic hydroxyl groups is 1. The predicted molar refractivity (Wildman–Crippen MR) is 98.2 cm³/mol. The van der Waals surface area contributed by atoms with E-state index in [-0.39, 0.29) is 5.91 Å². The summed E-state index contributed by atoms with van der Waals surface area (Å²) >= 11 is 0. The van der Waals surface area contributed by atoms with Crippen LogP contribution in [0, 0.1) is 0 Å². The lowest BCUT2D eigenvalue weighted by atomic mass is 10.1. The second-order valence-electron chi connectivity index (χ2n) is 6.33. The fourth-order valence-corrected chi connectivity index (χ4v) is 3.28. The first-order valence-corrected chi connectivity index (χ1v) is 8.36. The van der Waals surface area contributed by atoms with Gasteiger partial charge in [0.05, 0.1) is 30.2 Å². The minimum atomic E-state index is -0.613. The molecule has 4 N–H and O–H groups in total. The molecule has 1 aliphatic rings. The van der Waals surface area contributed by atoms with Crippen LogP contribution in [0.3, 0.4) is 0 Å². The van der Waals surface area contributed by atoms with Crippen molar-refractivity contribution in [2.75, 3.05) is 5.73 Å². The van der Waals surface area contributed by atoms with Crippen molar-refractivity contribution >= 4 is 11.7 Å². The number of amides is 1. The van der Waals surface area contributed by atoms with Gasteiger partial charge in [-0.15, -0.1) is 0 Å². The fraction of sp³-hybridized carbons (Fsp3) is 0.150. The summed E-state index contributed by atoms with van der Waals surface area (Å²) in [6.45, 7) is 0.